The molecule has 1 atom stereocenters. The predicted molar refractivity (Wildman–Crippen MR) is 86.5 cm³/mol. The van der Waals surface area contributed by atoms with Crippen LogP contribution in [0.15, 0.2) is 0 Å². The fourth-order valence-electron chi connectivity index (χ4n) is 2.14. The number of nitrogens with one attached hydrogen (secondary N) is 1. The van der Waals surface area contributed by atoms with Crippen molar-refractivity contribution in [2.75, 3.05) is 33.5 Å². The molecule has 1 unspecified atom stereocenters. The summed E-state index contributed by atoms with van der Waals surface area (Å²) in [4.78, 5) is 23.5. The van der Waals surface area contributed by atoms with Gasteiger partial charge in [-0.15, -0.1) is 0 Å². The molecule has 0 fully saturated rings. The van der Waals surface area contributed by atoms with Crippen molar-refractivity contribution in [1.29, 1.82) is 0 Å². The van der Waals surface area contributed by atoms with Gasteiger partial charge in [-0.3, -0.25) is 4.79 Å². The normalized spacial score (nSPS) is 14.1. The van der Waals surface area contributed by atoms with Crippen molar-refractivity contribution >= 4 is 12.1 Å². The zero-order valence-electron chi connectivity index (χ0n) is 14.9. The van der Waals surface area contributed by atoms with Crippen molar-refractivity contribution in [2.45, 2.75) is 52.6 Å². The Morgan fingerprint density at radius 2 is 1.74 bits per heavy atom. The molecular weight excluding hydrogens is 302 g/mol. The van der Waals surface area contributed by atoms with Gasteiger partial charge in [-0.2, -0.15) is 0 Å². The Hall–Kier alpha value is -1.34. The summed E-state index contributed by atoms with van der Waals surface area (Å²) >= 11 is 0. The van der Waals surface area contributed by atoms with E-state index in [1.807, 2.05) is 6.92 Å². The average Bonchev–Trinajstić information content (AvgIpc) is 2.42. The van der Waals surface area contributed by atoms with Gasteiger partial charge in [-0.25, -0.2) is 4.79 Å². The Balaban J connectivity index is 4.65. The van der Waals surface area contributed by atoms with Gasteiger partial charge in [0.25, 0.3) is 0 Å². The first-order chi connectivity index (χ1) is 10.7. The summed E-state index contributed by atoms with van der Waals surface area (Å²) in [6.07, 6.45) is 0.849. The van der Waals surface area contributed by atoms with Gasteiger partial charge >= 0.3 is 12.1 Å². The van der Waals surface area contributed by atoms with Gasteiger partial charge in [0.2, 0.25) is 0 Å². The predicted octanol–water partition coefficient (Wildman–Crippen LogP) is 2.44. The molecule has 7 nitrogen and oxygen atoms in total. The van der Waals surface area contributed by atoms with Gasteiger partial charge in [-0.05, 0) is 33.6 Å². The molecule has 2 N–H and O–H groups in total. The number of alkyl carbamates (subject to hydrolysis) is 1. The lowest BCUT2D eigenvalue weighted by Gasteiger charge is -2.30. The van der Waals surface area contributed by atoms with E-state index in [-0.39, 0.29) is 6.54 Å². The third-order valence-corrected chi connectivity index (χ3v) is 3.31. The van der Waals surface area contributed by atoms with Crippen LogP contribution in [0.1, 0.15) is 47.0 Å². The number of aliphatic carboxylic acids is 1. The van der Waals surface area contributed by atoms with Crippen LogP contribution < -0.4 is 5.32 Å². The fraction of sp³-hybridized carbons (Fsp3) is 0.875. The topological polar surface area (TPSA) is 94.1 Å². The average molecular weight is 333 g/mol. The van der Waals surface area contributed by atoms with Crippen LogP contribution in [0.4, 0.5) is 4.79 Å². The summed E-state index contributed by atoms with van der Waals surface area (Å²) in [6, 6.07) is 0. The maximum atomic E-state index is 11.8. The summed E-state index contributed by atoms with van der Waals surface area (Å²) in [5.41, 5.74) is -1.68. The van der Waals surface area contributed by atoms with E-state index in [0.717, 1.165) is 0 Å². The lowest BCUT2D eigenvalue weighted by Crippen LogP contribution is -2.45. The molecule has 0 spiro atoms. The van der Waals surface area contributed by atoms with Crippen LogP contribution >= 0.6 is 0 Å². The van der Waals surface area contributed by atoms with Crippen LogP contribution in [-0.2, 0) is 19.0 Å². The van der Waals surface area contributed by atoms with Gasteiger partial charge in [0.1, 0.15) is 5.60 Å². The molecule has 0 heterocycles. The molecular formula is C16H31NO6. The Bertz CT molecular complexity index is 366. The van der Waals surface area contributed by atoms with Crippen molar-refractivity contribution < 1.29 is 28.9 Å². The van der Waals surface area contributed by atoms with E-state index in [1.165, 1.54) is 0 Å². The highest BCUT2D eigenvalue weighted by molar-refractivity contribution is 5.76. The molecule has 0 bridgehead atoms. The highest BCUT2D eigenvalue weighted by Crippen LogP contribution is 2.28. The number of carbonyl (C=O) groups is 2. The molecule has 0 rings (SSSR count). The quantitative estimate of drug-likeness (QED) is 0.564. The first-order valence-corrected chi connectivity index (χ1v) is 7.94. The molecule has 0 aromatic rings. The number of rotatable bonds is 11. The van der Waals surface area contributed by atoms with Crippen molar-refractivity contribution in [3.05, 3.63) is 0 Å². The minimum absolute atomic E-state index is 0.0126. The Morgan fingerprint density at radius 3 is 2.22 bits per heavy atom. The van der Waals surface area contributed by atoms with Gasteiger partial charge < -0.3 is 24.6 Å². The van der Waals surface area contributed by atoms with Crippen molar-refractivity contribution in [2.24, 2.45) is 5.41 Å². The third kappa shape index (κ3) is 9.40. The van der Waals surface area contributed by atoms with Crippen LogP contribution in [0, 0.1) is 5.41 Å². The summed E-state index contributed by atoms with van der Waals surface area (Å²) in [5.74, 6) is -0.939. The highest BCUT2D eigenvalue weighted by atomic mass is 16.6. The SMILES string of the molecule is CCCC(CCOCCOC)(CNC(=O)OC(C)(C)C)C(=O)O. The molecule has 1 amide bonds. The van der Waals surface area contributed by atoms with E-state index in [4.69, 9.17) is 14.2 Å². The molecule has 0 radical (unpaired) electrons. The van der Waals surface area contributed by atoms with E-state index in [1.54, 1.807) is 27.9 Å². The number of carbonyl (C=O) groups excluding carboxylic acids is 1. The highest BCUT2D eigenvalue weighted by Gasteiger charge is 2.38. The van der Waals surface area contributed by atoms with Crippen LogP contribution in [-0.4, -0.2) is 56.2 Å². The summed E-state index contributed by atoms with van der Waals surface area (Å²) in [5, 5.41) is 12.2. The molecule has 23 heavy (non-hydrogen) atoms. The van der Waals surface area contributed by atoms with Crippen LogP contribution in [0.2, 0.25) is 0 Å². The monoisotopic (exact) mass is 333 g/mol. The van der Waals surface area contributed by atoms with Crippen molar-refractivity contribution in [3.8, 4) is 0 Å². The Kier molecular flexibility index (Phi) is 9.83. The fourth-order valence-corrected chi connectivity index (χ4v) is 2.14. The molecule has 0 aromatic heterocycles. The largest absolute Gasteiger partial charge is 0.481 e. The molecule has 0 aliphatic rings. The summed E-state index contributed by atoms with van der Waals surface area (Å²) in [7, 11) is 1.58. The van der Waals surface area contributed by atoms with Gasteiger partial charge in [0.05, 0.1) is 18.6 Å². The smallest absolute Gasteiger partial charge is 0.407 e. The van der Waals surface area contributed by atoms with Crippen molar-refractivity contribution in [1.82, 2.24) is 5.32 Å². The number of carboxylic acid groups (broad SMARTS) is 1. The van der Waals surface area contributed by atoms with E-state index in [0.29, 0.717) is 39.1 Å². The lowest BCUT2D eigenvalue weighted by molar-refractivity contribution is -0.150. The number of methoxy groups -OCH3 is 1. The number of carboxylic acids is 1. The minimum Gasteiger partial charge on any atom is -0.481 e. The standard InChI is InChI=1S/C16H31NO6/c1-6-7-16(13(18)19,8-9-22-11-10-21-5)12-17-14(20)23-15(2,3)4/h6-12H2,1-5H3,(H,17,20)(H,18,19). The second-order valence-electron chi connectivity index (χ2n) is 6.55. The maximum Gasteiger partial charge on any atom is 0.407 e. The number of amides is 1. The molecule has 0 aliphatic heterocycles. The Morgan fingerprint density at radius 1 is 1.09 bits per heavy atom. The number of hydrogen-bond donors (Lipinski definition) is 2. The zero-order valence-corrected chi connectivity index (χ0v) is 14.9. The molecule has 0 saturated carbocycles. The molecule has 0 aliphatic carbocycles. The Labute approximate surface area is 138 Å². The molecule has 136 valence electrons. The van der Waals surface area contributed by atoms with E-state index < -0.39 is 23.1 Å². The lowest BCUT2D eigenvalue weighted by atomic mass is 9.80. The van der Waals surface area contributed by atoms with Crippen LogP contribution in [0.3, 0.4) is 0 Å². The molecule has 0 saturated heterocycles. The van der Waals surface area contributed by atoms with E-state index in [2.05, 4.69) is 5.32 Å². The van der Waals surface area contributed by atoms with Crippen molar-refractivity contribution in [3.63, 3.8) is 0 Å². The summed E-state index contributed by atoms with van der Waals surface area (Å²) in [6.45, 7) is 8.37. The van der Waals surface area contributed by atoms with E-state index >= 15 is 0 Å². The second-order valence-corrected chi connectivity index (χ2v) is 6.55. The second kappa shape index (κ2) is 10.4. The van der Waals surface area contributed by atoms with Gasteiger partial charge in [-0.1, -0.05) is 13.3 Å². The number of ether oxygens (including phenoxy) is 3. The first kappa shape index (κ1) is 21.7. The molecule has 0 aromatic carbocycles. The summed E-state index contributed by atoms with van der Waals surface area (Å²) < 4.78 is 15.4. The zero-order chi connectivity index (χ0) is 17.9. The van der Waals surface area contributed by atoms with Crippen LogP contribution in [0.5, 0.6) is 0 Å². The van der Waals surface area contributed by atoms with E-state index in [9.17, 15) is 14.7 Å². The first-order valence-electron chi connectivity index (χ1n) is 7.94. The maximum absolute atomic E-state index is 11.8. The minimum atomic E-state index is -1.06. The molecule has 7 heteroatoms. The van der Waals surface area contributed by atoms with Gasteiger partial charge in [0, 0.05) is 20.3 Å². The number of hydrogen-bond acceptors (Lipinski definition) is 5. The van der Waals surface area contributed by atoms with Crippen LogP contribution in [0.25, 0.3) is 0 Å². The third-order valence-electron chi connectivity index (χ3n) is 3.31. The van der Waals surface area contributed by atoms with Gasteiger partial charge in [0.15, 0.2) is 0 Å².